The lowest BCUT2D eigenvalue weighted by Crippen LogP contribution is -2.41. The Bertz CT molecular complexity index is 531. The maximum atomic E-state index is 6.11. The smallest absolute Gasteiger partial charge is 0.189 e. The highest BCUT2D eigenvalue weighted by Gasteiger charge is 2.55. The fourth-order valence-corrected chi connectivity index (χ4v) is 4.15. The Hall–Kier alpha value is -1.51. The fraction of sp³-hybridized carbons (Fsp3) is 0.588. The summed E-state index contributed by atoms with van der Waals surface area (Å²) in [5, 5.41) is 3.43. The molecule has 3 nitrogen and oxygen atoms in total. The average molecular weight is 269 g/mol. The van der Waals surface area contributed by atoms with Crippen LogP contribution in [0.4, 0.5) is 0 Å². The van der Waals surface area contributed by atoms with Crippen molar-refractivity contribution in [3.8, 4) is 0 Å². The number of aliphatic imine (C=N–C) groups is 1. The molecule has 3 aliphatic carbocycles. The van der Waals surface area contributed by atoms with E-state index in [1.165, 1.54) is 49.7 Å². The van der Waals surface area contributed by atoms with Crippen LogP contribution in [-0.4, -0.2) is 18.0 Å². The normalized spacial score (nSPS) is 32.6. The number of hydrogen-bond donors (Lipinski definition) is 2. The van der Waals surface area contributed by atoms with Crippen molar-refractivity contribution in [1.29, 1.82) is 0 Å². The van der Waals surface area contributed by atoms with Crippen molar-refractivity contribution < 1.29 is 0 Å². The minimum absolute atomic E-state index is 0.431. The molecule has 0 radical (unpaired) electrons. The molecule has 0 saturated heterocycles. The Balaban J connectivity index is 1.40. The third kappa shape index (κ3) is 2.09. The molecule has 106 valence electrons. The number of nitrogens with one attached hydrogen (secondary N) is 1. The molecule has 3 heteroatoms. The monoisotopic (exact) mass is 269 g/mol. The van der Waals surface area contributed by atoms with Gasteiger partial charge in [-0.25, -0.2) is 4.99 Å². The Morgan fingerprint density at radius 3 is 2.80 bits per heavy atom. The number of nitrogens with zero attached hydrogens (tertiary/aromatic N) is 1. The van der Waals surface area contributed by atoms with Crippen LogP contribution in [0.25, 0.3) is 0 Å². The van der Waals surface area contributed by atoms with Crippen molar-refractivity contribution in [3.63, 3.8) is 0 Å². The minimum atomic E-state index is 0.431. The van der Waals surface area contributed by atoms with E-state index in [1.54, 1.807) is 0 Å². The van der Waals surface area contributed by atoms with Gasteiger partial charge in [0.2, 0.25) is 0 Å². The van der Waals surface area contributed by atoms with Crippen LogP contribution < -0.4 is 11.1 Å². The molecular formula is C17H23N3. The molecular weight excluding hydrogens is 246 g/mol. The first kappa shape index (κ1) is 12.2. The molecule has 0 heterocycles. The lowest BCUT2D eigenvalue weighted by Gasteiger charge is -2.23. The number of nitrogens with two attached hydrogens (primary N) is 1. The lowest BCUT2D eigenvalue weighted by molar-refractivity contribution is 0.412. The largest absolute Gasteiger partial charge is 0.370 e. The summed E-state index contributed by atoms with van der Waals surface area (Å²) in [6, 6.07) is 9.79. The minimum Gasteiger partial charge on any atom is -0.370 e. The van der Waals surface area contributed by atoms with Crippen LogP contribution in [0.5, 0.6) is 0 Å². The van der Waals surface area contributed by atoms with E-state index in [1.807, 2.05) is 0 Å². The number of fused-ring (bicyclic) bond motifs is 3. The standard InChI is InChI=1S/C17H23N3/c18-17(19-12-7-2-1-3-8-12)20-16-14-10-11-6-4-5-9-13(11)15(14)16/h4-6,9,12,14-16H,1-3,7-8,10H2,(H3,18,19,20). The zero-order valence-corrected chi connectivity index (χ0v) is 11.9. The molecule has 2 saturated carbocycles. The second kappa shape index (κ2) is 4.80. The van der Waals surface area contributed by atoms with Gasteiger partial charge in [-0.1, -0.05) is 43.5 Å². The first-order valence-electron chi connectivity index (χ1n) is 8.00. The predicted octanol–water partition coefficient (Wildman–Crippen LogP) is 2.56. The van der Waals surface area contributed by atoms with Crippen molar-refractivity contribution in [2.45, 2.75) is 56.5 Å². The molecule has 4 rings (SSSR count). The van der Waals surface area contributed by atoms with E-state index in [4.69, 9.17) is 10.7 Å². The van der Waals surface area contributed by atoms with Gasteiger partial charge in [-0.15, -0.1) is 0 Å². The number of rotatable bonds is 2. The Morgan fingerprint density at radius 2 is 1.95 bits per heavy atom. The van der Waals surface area contributed by atoms with Crippen molar-refractivity contribution in [1.82, 2.24) is 5.32 Å². The Kier molecular flexibility index (Phi) is 2.94. The van der Waals surface area contributed by atoms with Gasteiger partial charge in [-0.3, -0.25) is 0 Å². The number of hydrogen-bond acceptors (Lipinski definition) is 1. The Labute approximate surface area is 120 Å². The molecule has 0 bridgehead atoms. The van der Waals surface area contributed by atoms with Gasteiger partial charge < -0.3 is 11.1 Å². The van der Waals surface area contributed by atoms with Crippen LogP contribution >= 0.6 is 0 Å². The van der Waals surface area contributed by atoms with Crippen LogP contribution in [0.3, 0.4) is 0 Å². The Morgan fingerprint density at radius 1 is 1.15 bits per heavy atom. The van der Waals surface area contributed by atoms with Gasteiger partial charge in [-0.2, -0.15) is 0 Å². The zero-order chi connectivity index (χ0) is 13.5. The molecule has 2 fully saturated rings. The summed E-state index contributed by atoms with van der Waals surface area (Å²) in [5.74, 6) is 2.02. The van der Waals surface area contributed by atoms with Gasteiger partial charge in [-0.05, 0) is 36.3 Å². The molecule has 0 spiro atoms. The molecule has 1 aromatic rings. The molecule has 3 N–H and O–H groups in total. The van der Waals surface area contributed by atoms with Gasteiger partial charge in [0.1, 0.15) is 0 Å². The summed E-state index contributed by atoms with van der Waals surface area (Å²) in [6.45, 7) is 0. The third-order valence-electron chi connectivity index (χ3n) is 5.24. The topological polar surface area (TPSA) is 50.4 Å². The SMILES string of the molecule is NC(=NC1C2Cc3ccccc3C21)NC1CCCCC1. The molecule has 0 aromatic heterocycles. The van der Waals surface area contributed by atoms with E-state index in [9.17, 15) is 0 Å². The fourth-order valence-electron chi connectivity index (χ4n) is 4.15. The molecule has 0 aliphatic heterocycles. The van der Waals surface area contributed by atoms with E-state index in [0.29, 0.717) is 29.9 Å². The maximum Gasteiger partial charge on any atom is 0.189 e. The van der Waals surface area contributed by atoms with Gasteiger partial charge >= 0.3 is 0 Å². The van der Waals surface area contributed by atoms with Crippen molar-refractivity contribution in [2.75, 3.05) is 0 Å². The molecule has 1 aromatic carbocycles. The highest BCUT2D eigenvalue weighted by molar-refractivity contribution is 5.79. The van der Waals surface area contributed by atoms with E-state index < -0.39 is 0 Å². The second-order valence-electron chi connectivity index (χ2n) is 6.58. The highest BCUT2D eigenvalue weighted by atomic mass is 15.1. The van der Waals surface area contributed by atoms with Gasteiger partial charge in [0.25, 0.3) is 0 Å². The first-order valence-corrected chi connectivity index (χ1v) is 8.00. The molecule has 0 amide bonds. The quantitative estimate of drug-likeness (QED) is 0.640. The number of guanidine groups is 1. The number of benzene rings is 1. The lowest BCUT2D eigenvalue weighted by atomic mass is 9.96. The predicted molar refractivity (Wildman–Crippen MR) is 81.8 cm³/mol. The van der Waals surface area contributed by atoms with Crippen LogP contribution in [0.1, 0.15) is 49.1 Å². The first-order chi connectivity index (χ1) is 9.83. The van der Waals surface area contributed by atoms with Gasteiger partial charge in [0.05, 0.1) is 6.04 Å². The summed E-state index contributed by atoms with van der Waals surface area (Å²) in [6.07, 6.45) is 7.71. The van der Waals surface area contributed by atoms with E-state index in [2.05, 4.69) is 29.6 Å². The summed E-state index contributed by atoms with van der Waals surface area (Å²) < 4.78 is 0. The van der Waals surface area contributed by atoms with Crippen LogP contribution in [0.15, 0.2) is 29.3 Å². The maximum absolute atomic E-state index is 6.11. The molecule has 20 heavy (non-hydrogen) atoms. The van der Waals surface area contributed by atoms with Crippen molar-refractivity contribution in [3.05, 3.63) is 35.4 Å². The van der Waals surface area contributed by atoms with Crippen molar-refractivity contribution in [2.24, 2.45) is 16.6 Å². The van der Waals surface area contributed by atoms with Crippen molar-refractivity contribution >= 4 is 5.96 Å². The van der Waals surface area contributed by atoms with E-state index in [0.717, 1.165) is 0 Å². The van der Waals surface area contributed by atoms with Gasteiger partial charge in [0.15, 0.2) is 5.96 Å². The van der Waals surface area contributed by atoms with Gasteiger partial charge in [0, 0.05) is 12.0 Å². The van der Waals surface area contributed by atoms with E-state index in [-0.39, 0.29) is 0 Å². The van der Waals surface area contributed by atoms with Crippen LogP contribution in [0, 0.1) is 5.92 Å². The zero-order valence-electron chi connectivity index (χ0n) is 11.9. The summed E-state index contributed by atoms with van der Waals surface area (Å²) in [5.41, 5.74) is 9.14. The van der Waals surface area contributed by atoms with Crippen LogP contribution in [0.2, 0.25) is 0 Å². The molecule has 3 aliphatic rings. The summed E-state index contributed by atoms with van der Waals surface area (Å²) in [7, 11) is 0. The molecule has 3 atom stereocenters. The van der Waals surface area contributed by atoms with Crippen LogP contribution in [-0.2, 0) is 6.42 Å². The summed E-state index contributed by atoms with van der Waals surface area (Å²) >= 11 is 0. The summed E-state index contributed by atoms with van der Waals surface area (Å²) in [4.78, 5) is 4.75. The van der Waals surface area contributed by atoms with E-state index >= 15 is 0 Å². The third-order valence-corrected chi connectivity index (χ3v) is 5.24. The highest BCUT2D eigenvalue weighted by Crippen LogP contribution is 2.58. The second-order valence-corrected chi connectivity index (χ2v) is 6.58. The average Bonchev–Trinajstić information content (AvgIpc) is 2.97. The molecule has 3 unspecified atom stereocenters.